The molecule has 0 fully saturated rings. The van der Waals surface area contributed by atoms with E-state index in [0.717, 1.165) is 17.1 Å². The maximum absolute atomic E-state index is 6.00. The van der Waals surface area contributed by atoms with Crippen LogP contribution >= 0.6 is 23.2 Å². The van der Waals surface area contributed by atoms with Crippen molar-refractivity contribution in [1.82, 2.24) is 9.97 Å². The molecule has 0 saturated carbocycles. The standard InChI is InChI=1S/C17H14Cl2N4O/c1-24-15-4-2-13(3-5-15)22-16-9-17(21-10-20-16)23-14-7-11(18)6-12(19)8-14/h2-10H,1H3,(H2,20,21,22,23). The summed E-state index contributed by atoms with van der Waals surface area (Å²) >= 11 is 12.0. The molecule has 122 valence electrons. The molecule has 5 nitrogen and oxygen atoms in total. The van der Waals surface area contributed by atoms with Gasteiger partial charge >= 0.3 is 0 Å². The van der Waals surface area contributed by atoms with Crippen molar-refractivity contribution in [2.45, 2.75) is 0 Å². The van der Waals surface area contributed by atoms with E-state index in [1.165, 1.54) is 6.33 Å². The summed E-state index contributed by atoms with van der Waals surface area (Å²) in [4.78, 5) is 8.40. The molecule has 2 aromatic carbocycles. The average Bonchev–Trinajstić information content (AvgIpc) is 2.55. The van der Waals surface area contributed by atoms with E-state index in [9.17, 15) is 0 Å². The van der Waals surface area contributed by atoms with Gasteiger partial charge in [0.05, 0.1) is 7.11 Å². The Hall–Kier alpha value is -2.50. The second-order valence-corrected chi connectivity index (χ2v) is 5.80. The van der Waals surface area contributed by atoms with E-state index in [0.29, 0.717) is 21.7 Å². The first kappa shape index (κ1) is 16.4. The van der Waals surface area contributed by atoms with Crippen molar-refractivity contribution in [2.75, 3.05) is 17.7 Å². The number of benzene rings is 2. The number of hydrogen-bond donors (Lipinski definition) is 2. The van der Waals surface area contributed by atoms with E-state index in [2.05, 4.69) is 20.6 Å². The minimum Gasteiger partial charge on any atom is -0.497 e. The number of nitrogens with one attached hydrogen (secondary N) is 2. The van der Waals surface area contributed by atoms with Crippen LogP contribution in [0.5, 0.6) is 5.75 Å². The number of halogens is 2. The van der Waals surface area contributed by atoms with Crippen molar-refractivity contribution in [3.05, 3.63) is 64.9 Å². The van der Waals surface area contributed by atoms with Gasteiger partial charge < -0.3 is 15.4 Å². The van der Waals surface area contributed by atoms with Crippen LogP contribution in [-0.2, 0) is 0 Å². The molecule has 0 atom stereocenters. The van der Waals surface area contributed by atoms with Gasteiger partial charge in [-0.05, 0) is 42.5 Å². The fourth-order valence-corrected chi connectivity index (χ4v) is 2.62. The van der Waals surface area contributed by atoms with Gasteiger partial charge in [0.2, 0.25) is 0 Å². The van der Waals surface area contributed by atoms with Crippen molar-refractivity contribution < 1.29 is 4.74 Å². The highest BCUT2D eigenvalue weighted by atomic mass is 35.5. The summed E-state index contributed by atoms with van der Waals surface area (Å²) in [6.45, 7) is 0. The van der Waals surface area contributed by atoms with E-state index < -0.39 is 0 Å². The van der Waals surface area contributed by atoms with Gasteiger partial charge in [0.1, 0.15) is 23.7 Å². The summed E-state index contributed by atoms with van der Waals surface area (Å²) in [6.07, 6.45) is 1.47. The molecule has 0 amide bonds. The molecule has 0 aliphatic rings. The van der Waals surface area contributed by atoms with Crippen molar-refractivity contribution in [3.8, 4) is 5.75 Å². The molecule has 2 N–H and O–H groups in total. The Morgan fingerprint density at radius 3 is 1.96 bits per heavy atom. The first-order valence-corrected chi connectivity index (χ1v) is 7.84. The Bertz CT molecular complexity index is 820. The van der Waals surface area contributed by atoms with Crippen LogP contribution in [-0.4, -0.2) is 17.1 Å². The van der Waals surface area contributed by atoms with Gasteiger partial charge in [-0.3, -0.25) is 0 Å². The monoisotopic (exact) mass is 360 g/mol. The number of rotatable bonds is 5. The first-order valence-electron chi connectivity index (χ1n) is 7.08. The molecule has 0 radical (unpaired) electrons. The molecule has 0 bridgehead atoms. The molecule has 0 spiro atoms. The van der Waals surface area contributed by atoms with Crippen LogP contribution in [0.2, 0.25) is 10.0 Å². The maximum Gasteiger partial charge on any atom is 0.135 e. The Morgan fingerprint density at radius 1 is 0.792 bits per heavy atom. The minimum absolute atomic E-state index is 0.552. The zero-order chi connectivity index (χ0) is 16.9. The lowest BCUT2D eigenvalue weighted by Gasteiger charge is -2.10. The topological polar surface area (TPSA) is 59.1 Å². The quantitative estimate of drug-likeness (QED) is 0.648. The number of anilines is 4. The molecule has 7 heteroatoms. The van der Waals surface area contributed by atoms with Gasteiger partial charge in [-0.25, -0.2) is 9.97 Å². The maximum atomic E-state index is 6.00. The molecule has 0 saturated heterocycles. The van der Waals surface area contributed by atoms with Crippen molar-refractivity contribution in [3.63, 3.8) is 0 Å². The highest BCUT2D eigenvalue weighted by molar-refractivity contribution is 6.35. The third-order valence-electron chi connectivity index (χ3n) is 3.16. The van der Waals surface area contributed by atoms with Gasteiger partial charge in [-0.15, -0.1) is 0 Å². The van der Waals surface area contributed by atoms with Crippen LogP contribution in [0.4, 0.5) is 23.0 Å². The van der Waals surface area contributed by atoms with Crippen molar-refractivity contribution >= 4 is 46.2 Å². The molecule has 0 aliphatic heterocycles. The van der Waals surface area contributed by atoms with Crippen LogP contribution < -0.4 is 15.4 Å². The second-order valence-electron chi connectivity index (χ2n) is 4.93. The fraction of sp³-hybridized carbons (Fsp3) is 0.0588. The van der Waals surface area contributed by atoms with Gasteiger partial charge in [0.15, 0.2) is 0 Å². The van der Waals surface area contributed by atoms with Crippen LogP contribution in [0.25, 0.3) is 0 Å². The van der Waals surface area contributed by atoms with E-state index in [4.69, 9.17) is 27.9 Å². The van der Waals surface area contributed by atoms with E-state index in [1.807, 2.05) is 24.3 Å². The van der Waals surface area contributed by atoms with Crippen LogP contribution in [0, 0.1) is 0 Å². The van der Waals surface area contributed by atoms with E-state index in [1.54, 1.807) is 31.4 Å². The normalized spacial score (nSPS) is 10.3. The van der Waals surface area contributed by atoms with Crippen LogP contribution in [0.1, 0.15) is 0 Å². The molecule has 1 heterocycles. The lowest BCUT2D eigenvalue weighted by atomic mass is 10.3. The zero-order valence-corrected chi connectivity index (χ0v) is 14.3. The van der Waals surface area contributed by atoms with E-state index in [-0.39, 0.29) is 0 Å². The predicted octanol–water partition coefficient (Wildman–Crippen LogP) is 5.28. The molecular weight excluding hydrogens is 347 g/mol. The largest absolute Gasteiger partial charge is 0.497 e. The van der Waals surface area contributed by atoms with Gasteiger partial charge in [0.25, 0.3) is 0 Å². The molecular formula is C17H14Cl2N4O. The average molecular weight is 361 g/mol. The summed E-state index contributed by atoms with van der Waals surface area (Å²) < 4.78 is 5.14. The Balaban J connectivity index is 1.75. The van der Waals surface area contributed by atoms with E-state index >= 15 is 0 Å². The number of ether oxygens (including phenoxy) is 1. The number of nitrogens with zero attached hydrogens (tertiary/aromatic N) is 2. The van der Waals surface area contributed by atoms with Gasteiger partial charge in [-0.2, -0.15) is 0 Å². The third-order valence-corrected chi connectivity index (χ3v) is 3.60. The third kappa shape index (κ3) is 4.28. The molecule has 0 unspecified atom stereocenters. The molecule has 0 aliphatic carbocycles. The Labute approximate surface area is 149 Å². The predicted molar refractivity (Wildman–Crippen MR) is 98.1 cm³/mol. The van der Waals surface area contributed by atoms with Crippen molar-refractivity contribution in [1.29, 1.82) is 0 Å². The first-order chi connectivity index (χ1) is 11.6. The van der Waals surface area contributed by atoms with Crippen molar-refractivity contribution in [2.24, 2.45) is 0 Å². The number of hydrogen-bond acceptors (Lipinski definition) is 5. The second kappa shape index (κ2) is 7.38. The molecule has 1 aromatic heterocycles. The summed E-state index contributed by atoms with van der Waals surface area (Å²) in [5.74, 6) is 2.08. The molecule has 3 rings (SSSR count). The Kier molecular flexibility index (Phi) is 5.03. The highest BCUT2D eigenvalue weighted by Crippen LogP contribution is 2.25. The van der Waals surface area contributed by atoms with Crippen LogP contribution in [0.15, 0.2) is 54.9 Å². The summed E-state index contributed by atoms with van der Waals surface area (Å²) in [5, 5.41) is 7.46. The number of aromatic nitrogens is 2. The summed E-state index contributed by atoms with van der Waals surface area (Å²) in [7, 11) is 1.63. The summed E-state index contributed by atoms with van der Waals surface area (Å²) in [6, 6.07) is 14.6. The molecule has 3 aromatic rings. The lowest BCUT2D eigenvalue weighted by Crippen LogP contribution is -1.98. The highest BCUT2D eigenvalue weighted by Gasteiger charge is 2.03. The molecule has 24 heavy (non-hydrogen) atoms. The van der Waals surface area contributed by atoms with Crippen LogP contribution in [0.3, 0.4) is 0 Å². The van der Waals surface area contributed by atoms with Gasteiger partial charge in [-0.1, -0.05) is 23.2 Å². The SMILES string of the molecule is COc1ccc(Nc2cc(Nc3cc(Cl)cc(Cl)c3)ncn2)cc1. The fourth-order valence-electron chi connectivity index (χ4n) is 2.09. The van der Waals surface area contributed by atoms with Gasteiger partial charge in [0, 0.05) is 27.5 Å². The summed E-state index contributed by atoms with van der Waals surface area (Å²) in [5.41, 5.74) is 1.65. The minimum atomic E-state index is 0.552. The number of methoxy groups -OCH3 is 1. The zero-order valence-electron chi connectivity index (χ0n) is 12.8. The lowest BCUT2D eigenvalue weighted by molar-refractivity contribution is 0.415. The Morgan fingerprint density at radius 2 is 1.38 bits per heavy atom. The smallest absolute Gasteiger partial charge is 0.135 e.